The molecule has 154 valence electrons. The van der Waals surface area contributed by atoms with Crippen LogP contribution in [0.4, 0.5) is 0 Å². The zero-order chi connectivity index (χ0) is 19.4. The van der Waals surface area contributed by atoms with Crippen molar-refractivity contribution in [2.75, 3.05) is 0 Å². The summed E-state index contributed by atoms with van der Waals surface area (Å²) in [5, 5.41) is 0. The number of hydrogen-bond acceptors (Lipinski definition) is 0. The van der Waals surface area contributed by atoms with Crippen LogP contribution in [0.3, 0.4) is 0 Å². The Kier molecular flexibility index (Phi) is 14.9. The van der Waals surface area contributed by atoms with E-state index in [4.69, 9.17) is 0 Å². The molecule has 0 fully saturated rings. The molecule has 0 aromatic heterocycles. The van der Waals surface area contributed by atoms with Gasteiger partial charge in [-0.05, 0) is 79.4 Å². The summed E-state index contributed by atoms with van der Waals surface area (Å²) in [6.45, 7) is 13.9. The molecule has 0 N–H and O–H groups in total. The third-order valence-corrected chi connectivity index (χ3v) is 5.91. The monoisotopic (exact) mass is 456 g/mol. The molecule has 0 spiro atoms. The van der Waals surface area contributed by atoms with Gasteiger partial charge in [-0.2, -0.15) is 0 Å². The first-order valence-corrected chi connectivity index (χ1v) is 11.0. The van der Waals surface area contributed by atoms with Gasteiger partial charge < -0.3 is 0 Å². The summed E-state index contributed by atoms with van der Waals surface area (Å²) < 4.78 is 0. The standard InChI is InChI=1S/C18H30.C8H12.Ru/c1-7-13(4)16-10-11-17(14(5)8-2)18(12-16)15(6)9-3;1-2-4-6-8-7-5-3-1;/h10-15H,7-9H2,1-6H3;1-2,7-8H,3-6H2;/b;2-1-,8-7-;/t13-,14-,15-;;/m0../s1. The number of hydrogen-bond donors (Lipinski definition) is 0. The van der Waals surface area contributed by atoms with Crippen molar-refractivity contribution in [3.8, 4) is 0 Å². The molecule has 0 unspecified atom stereocenters. The maximum Gasteiger partial charge on any atom is 0 e. The Hall–Kier alpha value is -0.677. The maximum atomic E-state index is 2.48. The van der Waals surface area contributed by atoms with Crippen molar-refractivity contribution >= 4 is 0 Å². The van der Waals surface area contributed by atoms with E-state index in [0.29, 0.717) is 17.8 Å². The minimum atomic E-state index is 0. The summed E-state index contributed by atoms with van der Waals surface area (Å²) in [6, 6.07) is 7.21. The number of rotatable bonds is 6. The molecule has 3 atom stereocenters. The van der Waals surface area contributed by atoms with Crippen LogP contribution in [-0.2, 0) is 19.5 Å². The Morgan fingerprint density at radius 3 is 1.44 bits per heavy atom. The van der Waals surface area contributed by atoms with Crippen LogP contribution >= 0.6 is 0 Å². The third kappa shape index (κ3) is 9.38. The van der Waals surface area contributed by atoms with E-state index in [0.717, 1.165) is 0 Å². The fourth-order valence-electron chi connectivity index (χ4n) is 3.31. The molecule has 0 nitrogen and oxygen atoms in total. The normalized spacial score (nSPS) is 19.2. The minimum absolute atomic E-state index is 0. The molecule has 0 amide bonds. The Labute approximate surface area is 182 Å². The van der Waals surface area contributed by atoms with Gasteiger partial charge in [-0.25, -0.2) is 0 Å². The minimum Gasteiger partial charge on any atom is -0.0882 e. The summed E-state index contributed by atoms with van der Waals surface area (Å²) in [4.78, 5) is 0. The fourth-order valence-corrected chi connectivity index (χ4v) is 3.31. The van der Waals surface area contributed by atoms with Crippen LogP contribution in [-0.4, -0.2) is 0 Å². The zero-order valence-corrected chi connectivity index (χ0v) is 20.3. The molecule has 1 heteroatoms. The van der Waals surface area contributed by atoms with Crippen molar-refractivity contribution < 1.29 is 19.5 Å². The van der Waals surface area contributed by atoms with E-state index < -0.39 is 0 Å². The topological polar surface area (TPSA) is 0 Å². The molecule has 1 aliphatic rings. The van der Waals surface area contributed by atoms with Crippen LogP contribution in [0.1, 0.15) is 121 Å². The van der Waals surface area contributed by atoms with E-state index in [9.17, 15) is 0 Å². The van der Waals surface area contributed by atoms with Crippen LogP contribution in [0.15, 0.2) is 42.5 Å². The van der Waals surface area contributed by atoms with Gasteiger partial charge in [0.1, 0.15) is 0 Å². The molecular weight excluding hydrogens is 413 g/mol. The first-order chi connectivity index (χ1) is 12.5. The van der Waals surface area contributed by atoms with E-state index in [1.165, 1.54) is 50.5 Å². The third-order valence-electron chi connectivity index (χ3n) is 5.91. The SMILES string of the molecule is C1=C\CC/C=C\CC/1.CC[C@H](C)c1ccc([C@@H](C)CC)c([C@@H](C)CC)c1.[Ru]. The molecule has 0 heterocycles. The van der Waals surface area contributed by atoms with Crippen LogP contribution in [0.2, 0.25) is 0 Å². The molecular formula is C26H42Ru. The fraction of sp³-hybridized carbons (Fsp3) is 0.615. The maximum absolute atomic E-state index is 2.48. The van der Waals surface area contributed by atoms with Gasteiger partial charge in [-0.3, -0.25) is 0 Å². The quantitative estimate of drug-likeness (QED) is 0.297. The molecule has 0 saturated carbocycles. The summed E-state index contributed by atoms with van der Waals surface area (Å²) in [6.07, 6.45) is 17.7. The Balaban J connectivity index is 0.000000629. The largest absolute Gasteiger partial charge is 0.0882 e. The van der Waals surface area contributed by atoms with Crippen molar-refractivity contribution in [3.63, 3.8) is 0 Å². The second kappa shape index (κ2) is 15.3. The summed E-state index contributed by atoms with van der Waals surface area (Å²) in [5.41, 5.74) is 4.67. The molecule has 27 heavy (non-hydrogen) atoms. The smallest absolute Gasteiger partial charge is 0 e. The van der Waals surface area contributed by atoms with E-state index in [1.807, 2.05) is 0 Å². The van der Waals surface area contributed by atoms with E-state index in [1.54, 1.807) is 11.1 Å². The second-order valence-electron chi connectivity index (χ2n) is 7.91. The van der Waals surface area contributed by atoms with Gasteiger partial charge in [-0.1, -0.05) is 84.0 Å². The Morgan fingerprint density at radius 2 is 1.04 bits per heavy atom. The molecule has 0 bridgehead atoms. The van der Waals surface area contributed by atoms with E-state index in [2.05, 4.69) is 84.0 Å². The molecule has 0 saturated heterocycles. The van der Waals surface area contributed by atoms with E-state index in [-0.39, 0.29) is 19.5 Å². The van der Waals surface area contributed by atoms with Gasteiger partial charge in [-0.15, -0.1) is 0 Å². The summed E-state index contributed by atoms with van der Waals surface area (Å²) >= 11 is 0. The molecule has 1 aromatic rings. The first kappa shape index (κ1) is 26.3. The molecule has 1 aromatic carbocycles. The summed E-state index contributed by atoms with van der Waals surface area (Å²) in [7, 11) is 0. The van der Waals surface area contributed by atoms with Crippen LogP contribution in [0.5, 0.6) is 0 Å². The van der Waals surface area contributed by atoms with Gasteiger partial charge in [0.2, 0.25) is 0 Å². The molecule has 0 radical (unpaired) electrons. The predicted molar refractivity (Wildman–Crippen MR) is 119 cm³/mol. The average Bonchev–Trinajstić information content (AvgIpc) is 2.65. The van der Waals surface area contributed by atoms with Crippen molar-refractivity contribution in [1.82, 2.24) is 0 Å². The van der Waals surface area contributed by atoms with Gasteiger partial charge in [0.15, 0.2) is 0 Å². The van der Waals surface area contributed by atoms with Gasteiger partial charge in [0.25, 0.3) is 0 Å². The van der Waals surface area contributed by atoms with Crippen LogP contribution in [0, 0.1) is 0 Å². The van der Waals surface area contributed by atoms with Crippen LogP contribution in [0.25, 0.3) is 0 Å². The van der Waals surface area contributed by atoms with Crippen molar-refractivity contribution in [3.05, 3.63) is 59.2 Å². The summed E-state index contributed by atoms with van der Waals surface area (Å²) in [5.74, 6) is 2.04. The van der Waals surface area contributed by atoms with Crippen LogP contribution < -0.4 is 0 Å². The molecule has 2 rings (SSSR count). The zero-order valence-electron chi connectivity index (χ0n) is 18.6. The number of allylic oxidation sites excluding steroid dienone is 4. The Bertz CT molecular complexity index is 529. The van der Waals surface area contributed by atoms with Crippen molar-refractivity contribution in [2.24, 2.45) is 0 Å². The van der Waals surface area contributed by atoms with Gasteiger partial charge in [0, 0.05) is 19.5 Å². The first-order valence-electron chi connectivity index (χ1n) is 11.0. The van der Waals surface area contributed by atoms with E-state index >= 15 is 0 Å². The second-order valence-corrected chi connectivity index (χ2v) is 7.91. The van der Waals surface area contributed by atoms with Gasteiger partial charge >= 0.3 is 0 Å². The molecule has 0 aliphatic heterocycles. The average molecular weight is 456 g/mol. The van der Waals surface area contributed by atoms with Crippen molar-refractivity contribution in [2.45, 2.75) is 104 Å². The number of benzene rings is 1. The van der Waals surface area contributed by atoms with Gasteiger partial charge in [0.05, 0.1) is 0 Å². The molecule has 1 aliphatic carbocycles. The van der Waals surface area contributed by atoms with Crippen molar-refractivity contribution in [1.29, 1.82) is 0 Å². The Morgan fingerprint density at radius 1 is 0.630 bits per heavy atom. The predicted octanol–water partition coefficient (Wildman–Crippen LogP) is 8.90.